The first kappa shape index (κ1) is 28.4. The lowest BCUT2D eigenvalue weighted by molar-refractivity contribution is -0.132. The zero-order chi connectivity index (χ0) is 25.5. The van der Waals surface area contributed by atoms with Gasteiger partial charge < -0.3 is 9.53 Å². The summed E-state index contributed by atoms with van der Waals surface area (Å²) in [6.45, 7) is 18.7. The van der Waals surface area contributed by atoms with Crippen molar-refractivity contribution in [2.24, 2.45) is 11.8 Å². The van der Waals surface area contributed by atoms with Crippen LogP contribution in [0.15, 0.2) is 60.7 Å². The van der Waals surface area contributed by atoms with Crippen molar-refractivity contribution < 1.29 is 14.3 Å². The number of ketones is 1. The van der Waals surface area contributed by atoms with Crippen LogP contribution in [-0.2, 0) is 22.3 Å². The molecule has 188 valence electrons. The molecule has 4 nitrogen and oxygen atoms in total. The van der Waals surface area contributed by atoms with E-state index in [1.54, 1.807) is 0 Å². The molecule has 0 saturated heterocycles. The number of rotatable bonds is 12. The van der Waals surface area contributed by atoms with Crippen LogP contribution >= 0.6 is 0 Å². The highest BCUT2D eigenvalue weighted by Gasteiger charge is 2.39. The molecule has 0 bridgehead atoms. The average Bonchev–Trinajstić information content (AvgIpc) is 2.80. The first-order valence-corrected chi connectivity index (χ1v) is 15.4. The summed E-state index contributed by atoms with van der Waals surface area (Å²) in [4.78, 5) is 15.7. The standard InChI is InChI=1S/C29H45NO3Si/c1-22(21-33-34(7,8)29(4,5)6)27(31)23(2)28(32)24(3)30(19-25-15-11-9-12-16-25)20-26-17-13-10-14-18-26/h9-18,22-24,27,31H,19-21H2,1-8H3/t22-,23+,24-,27-/m1/s1. The minimum Gasteiger partial charge on any atom is -0.416 e. The zero-order valence-corrected chi connectivity index (χ0v) is 23.4. The molecule has 0 amide bonds. The molecule has 0 spiro atoms. The third-order valence-electron chi connectivity index (χ3n) is 7.47. The Bertz CT molecular complexity index is 838. The van der Waals surface area contributed by atoms with Crippen molar-refractivity contribution in [3.63, 3.8) is 0 Å². The van der Waals surface area contributed by atoms with Crippen LogP contribution in [0.2, 0.25) is 18.1 Å². The van der Waals surface area contributed by atoms with Gasteiger partial charge in [-0.1, -0.05) is 95.3 Å². The van der Waals surface area contributed by atoms with Crippen LogP contribution in [-0.4, -0.2) is 42.9 Å². The highest BCUT2D eigenvalue weighted by atomic mass is 28.4. The number of carbonyl (C=O) groups excluding carboxylic acids is 1. The molecular weight excluding hydrogens is 438 g/mol. The highest BCUT2D eigenvalue weighted by Crippen LogP contribution is 2.37. The molecule has 0 aliphatic carbocycles. The molecule has 1 N–H and O–H groups in total. The number of carbonyl (C=O) groups is 1. The Hall–Kier alpha value is -1.79. The van der Waals surface area contributed by atoms with E-state index in [4.69, 9.17) is 4.43 Å². The first-order chi connectivity index (χ1) is 15.8. The molecule has 0 aliphatic heterocycles. The normalized spacial score (nSPS) is 16.2. The smallest absolute Gasteiger partial charge is 0.191 e. The second kappa shape index (κ2) is 12.3. The van der Waals surface area contributed by atoms with Crippen LogP contribution in [0.1, 0.15) is 52.7 Å². The third-order valence-corrected chi connectivity index (χ3v) is 12.0. The molecule has 0 fully saturated rings. The van der Waals surface area contributed by atoms with Crippen molar-refractivity contribution in [3.05, 3.63) is 71.8 Å². The lowest BCUT2D eigenvalue weighted by Gasteiger charge is -2.38. The van der Waals surface area contributed by atoms with Gasteiger partial charge in [-0.15, -0.1) is 0 Å². The molecule has 2 rings (SSSR count). The van der Waals surface area contributed by atoms with Crippen molar-refractivity contribution >= 4 is 14.1 Å². The first-order valence-electron chi connectivity index (χ1n) is 12.5. The minimum absolute atomic E-state index is 0.0681. The zero-order valence-electron chi connectivity index (χ0n) is 22.4. The Labute approximate surface area is 208 Å². The Balaban J connectivity index is 2.10. The summed E-state index contributed by atoms with van der Waals surface area (Å²) in [5.41, 5.74) is 2.34. The fourth-order valence-corrected chi connectivity index (χ4v) is 4.95. The SMILES string of the molecule is C[C@H](CO[Si](C)(C)C(C)(C)C)[C@@H](O)[C@H](C)C(=O)[C@@H](C)N(Cc1ccccc1)Cc1ccccc1. The lowest BCUT2D eigenvalue weighted by Crippen LogP contribution is -2.46. The fraction of sp³-hybridized carbons (Fsp3) is 0.552. The van der Waals surface area contributed by atoms with Gasteiger partial charge in [0.1, 0.15) is 0 Å². The molecule has 2 aromatic rings. The monoisotopic (exact) mass is 483 g/mol. The van der Waals surface area contributed by atoms with Gasteiger partial charge in [-0.3, -0.25) is 9.69 Å². The number of hydrogen-bond donors (Lipinski definition) is 1. The third kappa shape index (κ3) is 7.87. The average molecular weight is 484 g/mol. The van der Waals surface area contributed by atoms with Crippen molar-refractivity contribution in [1.82, 2.24) is 4.90 Å². The Kier molecular flexibility index (Phi) is 10.3. The van der Waals surface area contributed by atoms with Gasteiger partial charge in [-0.2, -0.15) is 0 Å². The summed E-state index contributed by atoms with van der Waals surface area (Å²) in [6.07, 6.45) is -0.741. The molecule has 0 aliphatic rings. The maximum Gasteiger partial charge on any atom is 0.191 e. The second-order valence-corrected chi connectivity index (χ2v) is 16.1. The van der Waals surface area contributed by atoms with Gasteiger partial charge in [-0.25, -0.2) is 0 Å². The molecule has 0 saturated carbocycles. The largest absolute Gasteiger partial charge is 0.416 e. The fourth-order valence-electron chi connectivity index (χ4n) is 3.84. The van der Waals surface area contributed by atoms with E-state index in [0.29, 0.717) is 19.7 Å². The molecule has 0 heterocycles. The van der Waals surface area contributed by atoms with E-state index in [1.165, 1.54) is 11.1 Å². The molecule has 0 radical (unpaired) electrons. The van der Waals surface area contributed by atoms with Crippen molar-refractivity contribution in [2.75, 3.05) is 6.61 Å². The molecular formula is C29H45NO3Si. The molecule has 4 atom stereocenters. The van der Waals surface area contributed by atoms with Crippen LogP contribution in [0.4, 0.5) is 0 Å². The van der Waals surface area contributed by atoms with Crippen LogP contribution in [0.5, 0.6) is 0 Å². The van der Waals surface area contributed by atoms with Gasteiger partial charge >= 0.3 is 0 Å². The van der Waals surface area contributed by atoms with Crippen LogP contribution in [0, 0.1) is 11.8 Å². The lowest BCUT2D eigenvalue weighted by atomic mass is 9.87. The molecule has 0 aromatic heterocycles. The highest BCUT2D eigenvalue weighted by molar-refractivity contribution is 6.74. The predicted molar refractivity (Wildman–Crippen MR) is 144 cm³/mol. The maximum absolute atomic E-state index is 13.5. The summed E-state index contributed by atoms with van der Waals surface area (Å²) in [6, 6.07) is 20.2. The number of nitrogens with zero attached hydrogens (tertiary/aromatic N) is 1. The van der Waals surface area contributed by atoms with E-state index < -0.39 is 20.3 Å². The molecule has 5 heteroatoms. The van der Waals surface area contributed by atoms with Crippen molar-refractivity contribution in [3.8, 4) is 0 Å². The summed E-state index contributed by atoms with van der Waals surface area (Å²) < 4.78 is 6.33. The van der Waals surface area contributed by atoms with Gasteiger partial charge in [0.15, 0.2) is 14.1 Å². The number of aliphatic hydroxyl groups is 1. The van der Waals surface area contributed by atoms with E-state index in [-0.39, 0.29) is 22.8 Å². The van der Waals surface area contributed by atoms with Gasteiger partial charge in [0.05, 0.1) is 12.1 Å². The summed E-state index contributed by atoms with van der Waals surface area (Å²) in [7, 11) is -1.91. The van der Waals surface area contributed by atoms with Gasteiger partial charge in [0.2, 0.25) is 0 Å². The predicted octanol–water partition coefficient (Wildman–Crippen LogP) is 6.30. The summed E-state index contributed by atoms with van der Waals surface area (Å²) >= 11 is 0. The quantitative estimate of drug-likeness (QED) is 0.360. The van der Waals surface area contributed by atoms with Gasteiger partial charge in [-0.05, 0) is 36.2 Å². The van der Waals surface area contributed by atoms with Crippen LogP contribution in [0.3, 0.4) is 0 Å². The van der Waals surface area contributed by atoms with Gasteiger partial charge in [0, 0.05) is 31.5 Å². The van der Waals surface area contributed by atoms with E-state index in [2.05, 4.69) is 63.0 Å². The Morgan fingerprint density at radius 3 is 1.76 bits per heavy atom. The molecule has 0 unspecified atom stereocenters. The Morgan fingerprint density at radius 2 is 1.35 bits per heavy atom. The van der Waals surface area contributed by atoms with E-state index in [0.717, 1.165) is 0 Å². The summed E-state index contributed by atoms with van der Waals surface area (Å²) in [5.74, 6) is -0.516. The van der Waals surface area contributed by atoms with E-state index in [9.17, 15) is 9.90 Å². The maximum atomic E-state index is 13.5. The molecule has 34 heavy (non-hydrogen) atoms. The van der Waals surface area contributed by atoms with Crippen LogP contribution in [0.25, 0.3) is 0 Å². The van der Waals surface area contributed by atoms with Crippen molar-refractivity contribution in [1.29, 1.82) is 0 Å². The number of aliphatic hydroxyl groups excluding tert-OH is 1. The van der Waals surface area contributed by atoms with E-state index in [1.807, 2.05) is 57.2 Å². The second-order valence-electron chi connectivity index (χ2n) is 11.3. The Morgan fingerprint density at radius 1 is 0.912 bits per heavy atom. The number of benzene rings is 2. The van der Waals surface area contributed by atoms with E-state index >= 15 is 0 Å². The van der Waals surface area contributed by atoms with Crippen LogP contribution < -0.4 is 0 Å². The van der Waals surface area contributed by atoms with Gasteiger partial charge in [0.25, 0.3) is 0 Å². The molecule has 2 aromatic carbocycles. The van der Waals surface area contributed by atoms with Crippen molar-refractivity contribution in [2.45, 2.75) is 84.9 Å². The summed E-state index contributed by atoms with van der Waals surface area (Å²) in [5, 5.41) is 11.2. The minimum atomic E-state index is -1.91. The number of hydrogen-bond acceptors (Lipinski definition) is 4. The topological polar surface area (TPSA) is 49.8 Å². The number of Topliss-reactive ketones (excluding diaryl/α,β-unsaturated/α-hetero) is 1.